The molecule has 5 heteroatoms. The number of hydrogen-bond acceptors (Lipinski definition) is 3. The summed E-state index contributed by atoms with van der Waals surface area (Å²) in [7, 11) is 0. The number of anilines is 1. The number of thiophene rings is 1. The number of rotatable bonds is 4. The zero-order valence-corrected chi connectivity index (χ0v) is 11.2. The summed E-state index contributed by atoms with van der Waals surface area (Å²) in [5.74, 6) is 0.207. The molecule has 0 aliphatic carbocycles. The van der Waals surface area contributed by atoms with Crippen LogP contribution in [0.25, 0.3) is 0 Å². The highest BCUT2D eigenvalue weighted by Crippen LogP contribution is 2.28. The Morgan fingerprint density at radius 1 is 1.79 bits per heavy atom. The lowest BCUT2D eigenvalue weighted by Gasteiger charge is -2.27. The zero-order chi connectivity index (χ0) is 10.7. The van der Waals surface area contributed by atoms with Gasteiger partial charge in [0.05, 0.1) is 5.69 Å². The van der Waals surface area contributed by atoms with Gasteiger partial charge >= 0.3 is 0 Å². The number of nitrogens with one attached hydrogen (secondary N) is 1. The molecule has 3 N–H and O–H groups in total. The van der Waals surface area contributed by atoms with Crippen molar-refractivity contribution in [1.82, 2.24) is 0 Å². The molecule has 0 aromatic carbocycles. The molecule has 1 aromatic heterocycles. The van der Waals surface area contributed by atoms with Crippen molar-refractivity contribution in [3.8, 4) is 0 Å². The van der Waals surface area contributed by atoms with Gasteiger partial charge < -0.3 is 10.6 Å². The van der Waals surface area contributed by atoms with Crippen LogP contribution in [0, 0.1) is 12.3 Å². The molecule has 14 heavy (non-hydrogen) atoms. The number of hydrogen-bond donors (Lipinski definition) is 2. The van der Waals surface area contributed by atoms with Gasteiger partial charge in [-0.2, -0.15) is 0 Å². The highest BCUT2D eigenvalue weighted by atomic mass is 127. The Morgan fingerprint density at radius 3 is 2.79 bits per heavy atom. The van der Waals surface area contributed by atoms with Gasteiger partial charge in [-0.1, -0.05) is 0 Å². The van der Waals surface area contributed by atoms with E-state index in [4.69, 9.17) is 11.1 Å². The van der Waals surface area contributed by atoms with Crippen LogP contribution in [0.3, 0.4) is 0 Å². The molecule has 0 bridgehead atoms. The molecule has 0 aliphatic heterocycles. The Kier molecular flexibility index (Phi) is 4.18. The van der Waals surface area contributed by atoms with Gasteiger partial charge in [0.25, 0.3) is 0 Å². The first-order chi connectivity index (χ1) is 6.57. The van der Waals surface area contributed by atoms with Crippen LogP contribution in [0.4, 0.5) is 5.69 Å². The first kappa shape index (κ1) is 11.8. The van der Waals surface area contributed by atoms with Gasteiger partial charge in [-0.05, 0) is 47.9 Å². The van der Waals surface area contributed by atoms with Gasteiger partial charge in [0.15, 0.2) is 0 Å². The Morgan fingerprint density at radius 2 is 2.43 bits per heavy atom. The summed E-state index contributed by atoms with van der Waals surface area (Å²) in [5, 5.41) is 9.51. The third kappa shape index (κ3) is 2.38. The second-order valence-electron chi connectivity index (χ2n) is 2.94. The molecule has 0 spiro atoms. The van der Waals surface area contributed by atoms with Crippen LogP contribution in [-0.2, 0) is 0 Å². The molecule has 78 valence electrons. The molecular weight excluding hydrogens is 309 g/mol. The van der Waals surface area contributed by atoms with Crippen molar-refractivity contribution < 1.29 is 0 Å². The lowest BCUT2D eigenvalue weighted by molar-refractivity contribution is 0.898. The fraction of sp³-hybridized carbons (Fsp3) is 0.444. The van der Waals surface area contributed by atoms with Crippen molar-refractivity contribution in [2.75, 3.05) is 11.4 Å². The minimum absolute atomic E-state index is 0.0501. The Labute approximate surface area is 102 Å². The van der Waals surface area contributed by atoms with Gasteiger partial charge in [0.1, 0.15) is 9.88 Å². The van der Waals surface area contributed by atoms with Crippen LogP contribution in [0.1, 0.15) is 11.8 Å². The van der Waals surface area contributed by atoms with E-state index in [9.17, 15) is 0 Å². The van der Waals surface area contributed by atoms with E-state index in [1.807, 2.05) is 0 Å². The molecule has 1 aromatic rings. The Hall–Kier alpha value is -0.300. The topological polar surface area (TPSA) is 53.1 Å². The van der Waals surface area contributed by atoms with E-state index in [2.05, 4.69) is 52.8 Å². The normalized spacial score (nSPS) is 12.5. The minimum atomic E-state index is -0.0501. The summed E-state index contributed by atoms with van der Waals surface area (Å²) in [6.07, 6.45) is 0. The van der Waals surface area contributed by atoms with Crippen molar-refractivity contribution >= 4 is 45.5 Å². The van der Waals surface area contributed by atoms with Gasteiger partial charge in [-0.15, -0.1) is 11.3 Å². The number of nitrogens with two attached hydrogens (primary N) is 1. The van der Waals surface area contributed by atoms with Gasteiger partial charge in [0, 0.05) is 11.4 Å². The van der Waals surface area contributed by atoms with E-state index in [0.29, 0.717) is 0 Å². The minimum Gasteiger partial charge on any atom is -0.385 e. The van der Waals surface area contributed by atoms with Gasteiger partial charge in [-0.25, -0.2) is 0 Å². The van der Waals surface area contributed by atoms with Crippen molar-refractivity contribution in [2.45, 2.75) is 17.9 Å². The number of halogens is 1. The number of amidine groups is 1. The monoisotopic (exact) mass is 323 g/mol. The van der Waals surface area contributed by atoms with E-state index in [-0.39, 0.29) is 9.88 Å². The Balaban J connectivity index is 2.93. The molecule has 0 radical (unpaired) electrons. The van der Waals surface area contributed by atoms with E-state index in [1.165, 1.54) is 10.6 Å². The van der Waals surface area contributed by atoms with Gasteiger partial charge in [0.2, 0.25) is 0 Å². The number of likely N-dealkylation sites (N-methyl/N-ethyl adjacent to an activating group) is 1. The molecule has 1 heterocycles. The lowest BCUT2D eigenvalue weighted by atomic mass is 10.3. The highest BCUT2D eigenvalue weighted by molar-refractivity contribution is 14.1. The van der Waals surface area contributed by atoms with Crippen LogP contribution >= 0.6 is 33.9 Å². The third-order valence-electron chi connectivity index (χ3n) is 2.01. The van der Waals surface area contributed by atoms with Gasteiger partial charge in [-0.3, -0.25) is 5.41 Å². The fourth-order valence-corrected chi connectivity index (χ4v) is 2.70. The summed E-state index contributed by atoms with van der Waals surface area (Å²) in [6, 6.07) is 2.08. The maximum atomic E-state index is 7.44. The van der Waals surface area contributed by atoms with Crippen LogP contribution in [0.15, 0.2) is 11.4 Å². The number of nitrogens with zero attached hydrogens (tertiary/aromatic N) is 1. The molecule has 0 amide bonds. The molecule has 0 aliphatic rings. The van der Waals surface area contributed by atoms with E-state index in [0.717, 1.165) is 6.54 Å². The van der Waals surface area contributed by atoms with E-state index >= 15 is 0 Å². The molecular formula is C9H14IN3S. The van der Waals surface area contributed by atoms with Crippen LogP contribution < -0.4 is 10.6 Å². The molecule has 1 atom stereocenters. The fourth-order valence-electron chi connectivity index (χ4n) is 1.30. The average Bonchev–Trinajstić information content (AvgIpc) is 2.53. The summed E-state index contributed by atoms with van der Waals surface area (Å²) >= 11 is 3.91. The predicted octanol–water partition coefficient (Wildman–Crippen LogP) is 2.58. The van der Waals surface area contributed by atoms with Crippen molar-refractivity contribution in [3.05, 3.63) is 16.3 Å². The third-order valence-corrected chi connectivity index (χ3v) is 4.19. The largest absolute Gasteiger partial charge is 0.385 e. The maximum Gasteiger partial charge on any atom is 0.138 e. The standard InChI is InChI=1S/C9H14IN3S/c1-3-13(8(10)9(11)12)7-4-5-14-6(7)2/h4-5,8H,3H2,1-2H3,(H3,11,12). The summed E-state index contributed by atoms with van der Waals surface area (Å²) in [5.41, 5.74) is 6.69. The predicted molar refractivity (Wildman–Crippen MR) is 71.8 cm³/mol. The number of alkyl halides is 1. The van der Waals surface area contributed by atoms with Crippen molar-refractivity contribution in [1.29, 1.82) is 5.41 Å². The van der Waals surface area contributed by atoms with Crippen LogP contribution in [0.5, 0.6) is 0 Å². The first-order valence-electron chi connectivity index (χ1n) is 4.36. The highest BCUT2D eigenvalue weighted by Gasteiger charge is 2.18. The molecule has 1 rings (SSSR count). The van der Waals surface area contributed by atoms with Crippen molar-refractivity contribution in [2.24, 2.45) is 5.73 Å². The lowest BCUT2D eigenvalue weighted by Crippen LogP contribution is -2.40. The van der Waals surface area contributed by atoms with E-state index in [1.54, 1.807) is 11.3 Å². The number of aryl methyl sites for hydroxylation is 1. The van der Waals surface area contributed by atoms with Crippen LogP contribution in [-0.4, -0.2) is 16.4 Å². The quantitative estimate of drug-likeness (QED) is 0.294. The smallest absolute Gasteiger partial charge is 0.138 e. The molecule has 0 saturated heterocycles. The summed E-state index contributed by atoms with van der Waals surface area (Å²) in [4.78, 5) is 3.41. The molecule has 0 saturated carbocycles. The first-order valence-corrected chi connectivity index (χ1v) is 6.49. The van der Waals surface area contributed by atoms with E-state index < -0.39 is 0 Å². The SMILES string of the molecule is CCN(c1ccsc1C)C(I)C(=N)N. The summed E-state index contributed by atoms with van der Waals surface area (Å²) in [6.45, 7) is 5.03. The zero-order valence-electron chi connectivity index (χ0n) is 8.25. The Bertz CT molecular complexity index is 324. The maximum absolute atomic E-state index is 7.44. The van der Waals surface area contributed by atoms with Crippen molar-refractivity contribution in [3.63, 3.8) is 0 Å². The molecule has 1 unspecified atom stereocenters. The van der Waals surface area contributed by atoms with Crippen LogP contribution in [0.2, 0.25) is 0 Å². The average molecular weight is 323 g/mol. The molecule has 0 fully saturated rings. The second-order valence-corrected chi connectivity index (χ2v) is 5.24. The summed E-state index contributed by atoms with van der Waals surface area (Å²) < 4.78 is -0.0501. The molecule has 3 nitrogen and oxygen atoms in total. The second kappa shape index (κ2) is 4.97.